The molecule has 7 nitrogen and oxygen atoms in total. The Hall–Kier alpha value is -3.15. The molecule has 0 saturated heterocycles. The predicted octanol–water partition coefficient (Wildman–Crippen LogP) is 10.3. The van der Waals surface area contributed by atoms with Crippen molar-refractivity contribution in [2.45, 2.75) is 13.5 Å². The highest BCUT2D eigenvalue weighted by molar-refractivity contribution is 9.13. The van der Waals surface area contributed by atoms with Gasteiger partial charge in [0.15, 0.2) is 17.3 Å². The first-order chi connectivity index (χ1) is 21.2. The van der Waals surface area contributed by atoms with Crippen LogP contribution in [0.2, 0.25) is 10.0 Å². The molecule has 0 aliphatic rings. The second-order valence-corrected chi connectivity index (χ2v) is 12.8. The number of hydrogen-bond donors (Lipinski definition) is 0. The molecule has 0 aliphatic heterocycles. The maximum absolute atomic E-state index is 13.7. The van der Waals surface area contributed by atoms with E-state index in [9.17, 15) is 4.79 Å². The van der Waals surface area contributed by atoms with Crippen molar-refractivity contribution in [3.05, 3.63) is 118 Å². The van der Waals surface area contributed by atoms with Crippen LogP contribution >= 0.6 is 71.0 Å². The second-order valence-electron chi connectivity index (χ2n) is 9.49. The molecule has 2 aromatic heterocycles. The standard InChI is InChI=1S/C32H20Br3Cl2N3O4/c1-2-42-26-13-19(28(34)29(35)30(26)43-16-17-7-9-21(36)14-23(17)37)15-38-40-31(39-24-6-4-3-5-22(24)32(40)41)27-12-18-11-20(33)8-10-25(18)44-27/h3-15H,2,16H2,1H3. The number of hydrogen-bond acceptors (Lipinski definition) is 6. The third kappa shape index (κ3) is 6.19. The monoisotopic (exact) mass is 817 g/mol. The Bertz CT molecular complexity index is 2150. The van der Waals surface area contributed by atoms with Crippen molar-refractivity contribution >= 4 is 99.1 Å². The van der Waals surface area contributed by atoms with Crippen molar-refractivity contribution in [3.8, 4) is 23.1 Å². The maximum atomic E-state index is 13.7. The van der Waals surface area contributed by atoms with Crippen molar-refractivity contribution < 1.29 is 13.9 Å². The third-order valence-electron chi connectivity index (χ3n) is 6.61. The van der Waals surface area contributed by atoms with Gasteiger partial charge in [0.05, 0.1) is 28.2 Å². The lowest BCUT2D eigenvalue weighted by Crippen LogP contribution is -2.20. The van der Waals surface area contributed by atoms with Gasteiger partial charge in [-0.15, -0.1) is 0 Å². The molecular weight excluding hydrogens is 801 g/mol. The van der Waals surface area contributed by atoms with Gasteiger partial charge in [-0.3, -0.25) is 4.79 Å². The fraction of sp³-hybridized carbons (Fsp3) is 0.0938. The average Bonchev–Trinajstić information content (AvgIpc) is 3.43. The summed E-state index contributed by atoms with van der Waals surface area (Å²) >= 11 is 23.2. The van der Waals surface area contributed by atoms with Crippen LogP contribution in [0.1, 0.15) is 18.1 Å². The number of ether oxygens (including phenoxy) is 2. The summed E-state index contributed by atoms with van der Waals surface area (Å²) < 4.78 is 21.6. The lowest BCUT2D eigenvalue weighted by atomic mass is 10.2. The molecule has 6 rings (SSSR count). The number of nitrogens with zero attached hydrogens (tertiary/aromatic N) is 3. The van der Waals surface area contributed by atoms with Crippen molar-refractivity contribution in [1.29, 1.82) is 0 Å². The van der Waals surface area contributed by atoms with Crippen LogP contribution in [0.3, 0.4) is 0 Å². The van der Waals surface area contributed by atoms with E-state index in [1.807, 2.05) is 43.3 Å². The number of para-hydroxylation sites is 1. The summed E-state index contributed by atoms with van der Waals surface area (Å²) in [6, 6.07) is 21.6. The largest absolute Gasteiger partial charge is 0.490 e. The molecular formula is C32H20Br3Cl2N3O4. The van der Waals surface area contributed by atoms with E-state index in [-0.39, 0.29) is 18.0 Å². The third-order valence-corrected chi connectivity index (χ3v) is 9.83. The van der Waals surface area contributed by atoms with Gasteiger partial charge in [-0.1, -0.05) is 57.3 Å². The molecule has 222 valence electrons. The van der Waals surface area contributed by atoms with Crippen LogP contribution < -0.4 is 15.0 Å². The zero-order chi connectivity index (χ0) is 31.0. The number of rotatable bonds is 8. The van der Waals surface area contributed by atoms with E-state index in [0.29, 0.717) is 64.9 Å². The number of benzene rings is 4. The number of furan rings is 1. The Morgan fingerprint density at radius 1 is 0.977 bits per heavy atom. The summed E-state index contributed by atoms with van der Waals surface area (Å²) in [5.41, 5.74) is 2.23. The van der Waals surface area contributed by atoms with Crippen LogP contribution in [0.25, 0.3) is 33.5 Å². The van der Waals surface area contributed by atoms with Crippen LogP contribution in [0, 0.1) is 0 Å². The topological polar surface area (TPSA) is 78.9 Å². The fourth-order valence-corrected chi connectivity index (χ4v) is 6.30. The zero-order valence-electron chi connectivity index (χ0n) is 22.8. The summed E-state index contributed by atoms with van der Waals surface area (Å²) in [6.45, 7) is 2.45. The molecule has 4 aromatic carbocycles. The van der Waals surface area contributed by atoms with E-state index in [1.54, 1.807) is 42.6 Å². The van der Waals surface area contributed by atoms with E-state index in [1.165, 1.54) is 4.68 Å². The summed E-state index contributed by atoms with van der Waals surface area (Å²) in [6.07, 6.45) is 1.55. The summed E-state index contributed by atoms with van der Waals surface area (Å²) in [5, 5.41) is 6.92. The van der Waals surface area contributed by atoms with Gasteiger partial charge in [0.25, 0.3) is 5.56 Å². The van der Waals surface area contributed by atoms with Crippen molar-refractivity contribution in [2.75, 3.05) is 6.61 Å². The highest BCUT2D eigenvalue weighted by atomic mass is 79.9. The SMILES string of the molecule is CCOc1cc(C=Nn2c(-c3cc4cc(Br)ccc4o3)nc3ccccc3c2=O)c(Br)c(Br)c1OCc1ccc(Cl)cc1Cl. The zero-order valence-corrected chi connectivity index (χ0v) is 29.1. The summed E-state index contributed by atoms with van der Waals surface area (Å²) in [7, 11) is 0. The molecule has 6 aromatic rings. The van der Waals surface area contributed by atoms with E-state index < -0.39 is 0 Å². The normalized spacial score (nSPS) is 11.6. The summed E-state index contributed by atoms with van der Waals surface area (Å²) in [4.78, 5) is 18.5. The molecule has 0 bridgehead atoms. The number of aromatic nitrogens is 2. The van der Waals surface area contributed by atoms with E-state index >= 15 is 0 Å². The molecule has 0 N–H and O–H groups in total. The summed E-state index contributed by atoms with van der Waals surface area (Å²) in [5.74, 6) is 1.61. The molecule has 12 heteroatoms. The Kier molecular flexibility index (Phi) is 9.16. The first kappa shape index (κ1) is 30.9. The van der Waals surface area contributed by atoms with Crippen LogP contribution in [-0.2, 0) is 6.61 Å². The van der Waals surface area contributed by atoms with Crippen LogP contribution in [0.4, 0.5) is 0 Å². The first-order valence-corrected chi connectivity index (χ1v) is 16.3. The van der Waals surface area contributed by atoms with Gasteiger partial charge in [-0.25, -0.2) is 4.98 Å². The molecule has 0 unspecified atom stereocenters. The predicted molar refractivity (Wildman–Crippen MR) is 186 cm³/mol. The van der Waals surface area contributed by atoms with Crippen molar-refractivity contribution in [2.24, 2.45) is 5.10 Å². The quantitative estimate of drug-likeness (QED) is 0.143. The minimum Gasteiger partial charge on any atom is -0.490 e. The second kappa shape index (κ2) is 13.1. The highest BCUT2D eigenvalue weighted by Crippen LogP contribution is 2.43. The average molecular weight is 821 g/mol. The molecule has 0 atom stereocenters. The maximum Gasteiger partial charge on any atom is 0.282 e. The van der Waals surface area contributed by atoms with Gasteiger partial charge in [0, 0.05) is 35.5 Å². The van der Waals surface area contributed by atoms with Crippen LogP contribution in [-0.4, -0.2) is 22.5 Å². The Balaban J connectivity index is 1.43. The van der Waals surface area contributed by atoms with Gasteiger partial charge in [-0.05, 0) is 93.4 Å². The van der Waals surface area contributed by atoms with E-state index in [0.717, 1.165) is 15.4 Å². The van der Waals surface area contributed by atoms with Gasteiger partial charge < -0.3 is 13.9 Å². The molecule has 0 aliphatic carbocycles. The van der Waals surface area contributed by atoms with Crippen molar-refractivity contribution in [3.63, 3.8) is 0 Å². The van der Waals surface area contributed by atoms with Gasteiger partial charge in [0.2, 0.25) is 5.82 Å². The van der Waals surface area contributed by atoms with Crippen LogP contribution in [0.5, 0.6) is 11.5 Å². The van der Waals surface area contributed by atoms with Crippen LogP contribution in [0.15, 0.2) is 101 Å². The minimum absolute atomic E-state index is 0.185. The fourth-order valence-electron chi connectivity index (χ4n) is 4.52. The molecule has 0 radical (unpaired) electrons. The minimum atomic E-state index is -0.344. The molecule has 0 amide bonds. The van der Waals surface area contributed by atoms with Crippen molar-refractivity contribution in [1.82, 2.24) is 9.66 Å². The highest BCUT2D eigenvalue weighted by Gasteiger charge is 2.20. The lowest BCUT2D eigenvalue weighted by Gasteiger charge is -2.17. The smallest absolute Gasteiger partial charge is 0.282 e. The Labute approximate surface area is 286 Å². The van der Waals surface area contributed by atoms with Gasteiger partial charge >= 0.3 is 0 Å². The molecule has 2 heterocycles. The molecule has 44 heavy (non-hydrogen) atoms. The molecule has 0 spiro atoms. The number of fused-ring (bicyclic) bond motifs is 2. The lowest BCUT2D eigenvalue weighted by molar-refractivity contribution is 0.267. The number of halogens is 5. The van der Waals surface area contributed by atoms with Gasteiger partial charge in [0.1, 0.15) is 12.2 Å². The van der Waals surface area contributed by atoms with Gasteiger partial charge in [-0.2, -0.15) is 9.78 Å². The van der Waals surface area contributed by atoms with E-state index in [4.69, 9.17) is 42.1 Å². The Morgan fingerprint density at radius 2 is 1.80 bits per heavy atom. The van der Waals surface area contributed by atoms with E-state index in [2.05, 4.69) is 52.9 Å². The molecule has 0 saturated carbocycles. The first-order valence-electron chi connectivity index (χ1n) is 13.2. The Morgan fingerprint density at radius 3 is 2.59 bits per heavy atom. The molecule has 0 fully saturated rings.